The van der Waals surface area contributed by atoms with Crippen LogP contribution in [0.1, 0.15) is 38.1 Å². The first-order chi connectivity index (χ1) is 7.99. The summed E-state index contributed by atoms with van der Waals surface area (Å²) in [6.45, 7) is 8.86. The van der Waals surface area contributed by atoms with Crippen molar-refractivity contribution >= 4 is 11.9 Å². The highest BCUT2D eigenvalue weighted by Crippen LogP contribution is 2.02. The number of nitrogens with one attached hydrogen (secondary N) is 2. The smallest absolute Gasteiger partial charge is 0.254 e. The van der Waals surface area contributed by atoms with Gasteiger partial charge in [0.1, 0.15) is 0 Å². The Kier molecular flexibility index (Phi) is 4.87. The van der Waals surface area contributed by atoms with E-state index in [2.05, 4.69) is 34.4 Å². The summed E-state index contributed by atoms with van der Waals surface area (Å²) in [5, 5.41) is 5.89. The highest BCUT2D eigenvalue weighted by Gasteiger charge is 2.08. The molecule has 1 heterocycles. The number of aromatic nitrogens is 2. The summed E-state index contributed by atoms with van der Waals surface area (Å²) < 4.78 is 0. The lowest BCUT2D eigenvalue weighted by molar-refractivity contribution is 0.0942. The standard InChI is InChI=1S/C12H20N4O/c1-8(2)5-13-12-14-6-10(7-15-12)11(17)16-9(3)4/h6-9H,5H2,1-4H3,(H,16,17)(H,13,14,15). The Labute approximate surface area is 102 Å². The quantitative estimate of drug-likeness (QED) is 0.816. The van der Waals surface area contributed by atoms with E-state index in [1.54, 1.807) is 0 Å². The summed E-state index contributed by atoms with van der Waals surface area (Å²) in [7, 11) is 0. The van der Waals surface area contributed by atoms with E-state index in [0.29, 0.717) is 17.4 Å². The molecule has 94 valence electrons. The molecule has 0 aromatic carbocycles. The van der Waals surface area contributed by atoms with Crippen molar-refractivity contribution in [1.82, 2.24) is 15.3 Å². The Morgan fingerprint density at radius 1 is 1.24 bits per heavy atom. The molecule has 0 aliphatic carbocycles. The van der Waals surface area contributed by atoms with Gasteiger partial charge in [0.05, 0.1) is 5.56 Å². The largest absolute Gasteiger partial charge is 0.354 e. The van der Waals surface area contributed by atoms with Crippen LogP contribution in [0.5, 0.6) is 0 Å². The van der Waals surface area contributed by atoms with E-state index in [9.17, 15) is 4.79 Å². The second-order valence-corrected chi connectivity index (χ2v) is 4.70. The van der Waals surface area contributed by atoms with Crippen LogP contribution >= 0.6 is 0 Å². The fourth-order valence-corrected chi connectivity index (χ4v) is 1.18. The lowest BCUT2D eigenvalue weighted by Gasteiger charge is -2.09. The van der Waals surface area contributed by atoms with E-state index < -0.39 is 0 Å². The molecule has 0 aliphatic rings. The number of amides is 1. The van der Waals surface area contributed by atoms with Gasteiger partial charge in [-0.05, 0) is 19.8 Å². The lowest BCUT2D eigenvalue weighted by atomic mass is 10.2. The minimum absolute atomic E-state index is 0.112. The van der Waals surface area contributed by atoms with E-state index in [4.69, 9.17) is 0 Å². The molecule has 5 nitrogen and oxygen atoms in total. The van der Waals surface area contributed by atoms with Crippen molar-refractivity contribution in [2.45, 2.75) is 33.7 Å². The van der Waals surface area contributed by atoms with Crippen LogP contribution in [-0.4, -0.2) is 28.5 Å². The number of carbonyl (C=O) groups excluding carboxylic acids is 1. The zero-order valence-electron chi connectivity index (χ0n) is 10.8. The molecule has 0 unspecified atom stereocenters. The zero-order valence-corrected chi connectivity index (χ0v) is 10.8. The van der Waals surface area contributed by atoms with Crippen molar-refractivity contribution in [2.75, 3.05) is 11.9 Å². The summed E-state index contributed by atoms with van der Waals surface area (Å²) in [4.78, 5) is 19.8. The molecule has 1 rings (SSSR count). The van der Waals surface area contributed by atoms with Crippen LogP contribution in [0, 0.1) is 5.92 Å². The van der Waals surface area contributed by atoms with Gasteiger partial charge in [-0.15, -0.1) is 0 Å². The summed E-state index contributed by atoms with van der Waals surface area (Å²) in [6, 6.07) is 0.112. The average molecular weight is 236 g/mol. The molecular weight excluding hydrogens is 216 g/mol. The van der Waals surface area contributed by atoms with Gasteiger partial charge in [0.25, 0.3) is 5.91 Å². The lowest BCUT2D eigenvalue weighted by Crippen LogP contribution is -2.30. The summed E-state index contributed by atoms with van der Waals surface area (Å²) in [6.07, 6.45) is 3.07. The molecule has 0 radical (unpaired) electrons. The topological polar surface area (TPSA) is 66.9 Å². The number of nitrogens with zero attached hydrogens (tertiary/aromatic N) is 2. The van der Waals surface area contributed by atoms with Gasteiger partial charge < -0.3 is 10.6 Å². The SMILES string of the molecule is CC(C)CNc1ncc(C(=O)NC(C)C)cn1. The second-order valence-electron chi connectivity index (χ2n) is 4.70. The van der Waals surface area contributed by atoms with Crippen molar-refractivity contribution in [1.29, 1.82) is 0 Å². The molecule has 0 saturated heterocycles. The van der Waals surface area contributed by atoms with Crippen LogP contribution in [-0.2, 0) is 0 Å². The van der Waals surface area contributed by atoms with E-state index >= 15 is 0 Å². The van der Waals surface area contributed by atoms with Gasteiger partial charge in [0.2, 0.25) is 5.95 Å². The third kappa shape index (κ3) is 4.80. The van der Waals surface area contributed by atoms with Gasteiger partial charge in [-0.25, -0.2) is 9.97 Å². The fraction of sp³-hybridized carbons (Fsp3) is 0.583. The predicted molar refractivity (Wildman–Crippen MR) is 68.0 cm³/mol. The van der Waals surface area contributed by atoms with Gasteiger partial charge in [0.15, 0.2) is 0 Å². The number of hydrogen-bond acceptors (Lipinski definition) is 4. The first-order valence-electron chi connectivity index (χ1n) is 5.85. The zero-order chi connectivity index (χ0) is 12.8. The Hall–Kier alpha value is -1.65. The monoisotopic (exact) mass is 236 g/mol. The molecule has 0 aliphatic heterocycles. The van der Waals surface area contributed by atoms with Gasteiger partial charge in [-0.1, -0.05) is 13.8 Å². The van der Waals surface area contributed by atoms with Crippen molar-refractivity contribution in [3.63, 3.8) is 0 Å². The number of rotatable bonds is 5. The minimum Gasteiger partial charge on any atom is -0.354 e. The van der Waals surface area contributed by atoms with Gasteiger partial charge in [0, 0.05) is 25.0 Å². The summed E-state index contributed by atoms with van der Waals surface area (Å²) in [5.41, 5.74) is 0.480. The van der Waals surface area contributed by atoms with Gasteiger partial charge in [-0.2, -0.15) is 0 Å². The third-order valence-corrected chi connectivity index (χ3v) is 2.00. The number of hydrogen-bond donors (Lipinski definition) is 2. The van der Waals surface area contributed by atoms with Crippen LogP contribution in [0.15, 0.2) is 12.4 Å². The van der Waals surface area contributed by atoms with Gasteiger partial charge >= 0.3 is 0 Å². The molecule has 1 amide bonds. The number of anilines is 1. The fourth-order valence-electron chi connectivity index (χ4n) is 1.18. The van der Waals surface area contributed by atoms with Crippen LogP contribution in [0.2, 0.25) is 0 Å². The minimum atomic E-state index is -0.143. The maximum atomic E-state index is 11.6. The molecule has 0 saturated carbocycles. The van der Waals surface area contributed by atoms with Crippen molar-refractivity contribution in [3.8, 4) is 0 Å². The number of carbonyl (C=O) groups is 1. The first kappa shape index (κ1) is 13.4. The summed E-state index contributed by atoms with van der Waals surface area (Å²) in [5.74, 6) is 0.942. The molecule has 5 heteroatoms. The third-order valence-electron chi connectivity index (χ3n) is 2.00. The Morgan fingerprint density at radius 2 is 1.82 bits per heavy atom. The highest BCUT2D eigenvalue weighted by molar-refractivity contribution is 5.93. The maximum absolute atomic E-state index is 11.6. The molecule has 0 atom stereocenters. The predicted octanol–water partition coefficient (Wildman–Crippen LogP) is 1.68. The van der Waals surface area contributed by atoms with Crippen LogP contribution in [0.25, 0.3) is 0 Å². The molecule has 17 heavy (non-hydrogen) atoms. The van der Waals surface area contributed by atoms with E-state index in [1.165, 1.54) is 12.4 Å². The molecule has 0 bridgehead atoms. The Bertz CT molecular complexity index is 359. The summed E-state index contributed by atoms with van der Waals surface area (Å²) >= 11 is 0. The molecule has 0 spiro atoms. The maximum Gasteiger partial charge on any atom is 0.254 e. The normalized spacial score (nSPS) is 10.7. The molecule has 0 fully saturated rings. The molecular formula is C12H20N4O. The molecule has 2 N–H and O–H groups in total. The highest BCUT2D eigenvalue weighted by atomic mass is 16.1. The van der Waals surface area contributed by atoms with E-state index in [-0.39, 0.29) is 11.9 Å². The average Bonchev–Trinajstić information content (AvgIpc) is 2.26. The Morgan fingerprint density at radius 3 is 2.29 bits per heavy atom. The van der Waals surface area contributed by atoms with Crippen molar-refractivity contribution in [3.05, 3.63) is 18.0 Å². The second kappa shape index (κ2) is 6.18. The Balaban J connectivity index is 2.58. The van der Waals surface area contributed by atoms with Crippen molar-refractivity contribution in [2.24, 2.45) is 5.92 Å². The van der Waals surface area contributed by atoms with Crippen LogP contribution in [0.3, 0.4) is 0 Å². The molecule has 1 aromatic rings. The first-order valence-corrected chi connectivity index (χ1v) is 5.85. The van der Waals surface area contributed by atoms with Crippen LogP contribution in [0.4, 0.5) is 5.95 Å². The van der Waals surface area contributed by atoms with E-state index in [0.717, 1.165) is 6.54 Å². The molecule has 1 aromatic heterocycles. The van der Waals surface area contributed by atoms with Crippen molar-refractivity contribution < 1.29 is 4.79 Å². The van der Waals surface area contributed by atoms with Crippen LogP contribution < -0.4 is 10.6 Å². The van der Waals surface area contributed by atoms with E-state index in [1.807, 2.05) is 13.8 Å². The van der Waals surface area contributed by atoms with Gasteiger partial charge in [-0.3, -0.25) is 4.79 Å².